The van der Waals surface area contributed by atoms with Gasteiger partial charge in [-0.3, -0.25) is 19.3 Å². The number of aryl methyl sites for hydroxylation is 1. The normalized spacial score (nSPS) is 19.0. The number of aromatic nitrogens is 2. The van der Waals surface area contributed by atoms with Gasteiger partial charge in [0.25, 0.3) is 11.5 Å². The highest BCUT2D eigenvalue weighted by molar-refractivity contribution is 5.94. The number of fused-ring (bicyclic) bond motifs is 1. The summed E-state index contributed by atoms with van der Waals surface area (Å²) in [5.41, 5.74) is 1.32. The Bertz CT molecular complexity index is 1750. The van der Waals surface area contributed by atoms with Gasteiger partial charge in [0, 0.05) is 50.6 Å². The van der Waals surface area contributed by atoms with Crippen LogP contribution in [-0.2, 0) is 20.7 Å². The molecule has 3 aromatic rings. The van der Waals surface area contributed by atoms with E-state index in [0.29, 0.717) is 35.0 Å². The van der Waals surface area contributed by atoms with Crippen molar-refractivity contribution in [2.75, 3.05) is 39.3 Å². The SMILES string of the molecule is Cc1ccc2c(Cc3ccc(F)c(C(=O)NCCNC(=O)CN4CCC(O[C@@H]5CCN(C(=O)OC(C)(C)C)[C@@H](C)C5)CC4)c3)n[nH]c(=O)c2c1. The molecule has 2 aliphatic rings. The Labute approximate surface area is 292 Å². The molecule has 270 valence electrons. The lowest BCUT2D eigenvalue weighted by atomic mass is 10.00. The topological polar surface area (TPSA) is 146 Å². The second-order valence-electron chi connectivity index (χ2n) is 14.4. The smallest absolute Gasteiger partial charge is 0.410 e. The molecule has 0 bridgehead atoms. The van der Waals surface area contributed by atoms with Gasteiger partial charge in [-0.25, -0.2) is 14.3 Å². The molecule has 50 heavy (non-hydrogen) atoms. The van der Waals surface area contributed by atoms with Crippen LogP contribution in [0.2, 0.25) is 0 Å². The fourth-order valence-corrected chi connectivity index (χ4v) is 6.57. The van der Waals surface area contributed by atoms with Gasteiger partial charge in [0.05, 0.1) is 35.4 Å². The van der Waals surface area contributed by atoms with Crippen molar-refractivity contribution in [1.82, 2.24) is 30.6 Å². The molecule has 2 aliphatic heterocycles. The van der Waals surface area contributed by atoms with Gasteiger partial charge in [0.1, 0.15) is 11.4 Å². The minimum atomic E-state index is -0.654. The molecule has 2 atom stereocenters. The van der Waals surface area contributed by atoms with Crippen LogP contribution in [0.4, 0.5) is 9.18 Å². The average molecular weight is 693 g/mol. The Morgan fingerprint density at radius 1 is 0.980 bits per heavy atom. The summed E-state index contributed by atoms with van der Waals surface area (Å²) in [5, 5.41) is 13.5. The third-order valence-corrected chi connectivity index (χ3v) is 9.15. The molecule has 5 rings (SSSR count). The first-order chi connectivity index (χ1) is 23.8. The number of rotatable bonds is 10. The summed E-state index contributed by atoms with van der Waals surface area (Å²) < 4.78 is 26.6. The highest BCUT2D eigenvalue weighted by Crippen LogP contribution is 2.26. The Morgan fingerprint density at radius 3 is 2.42 bits per heavy atom. The largest absolute Gasteiger partial charge is 0.444 e. The zero-order valence-corrected chi connectivity index (χ0v) is 29.6. The van der Waals surface area contributed by atoms with Gasteiger partial charge in [0.2, 0.25) is 5.91 Å². The van der Waals surface area contributed by atoms with Crippen LogP contribution < -0.4 is 16.2 Å². The molecule has 13 heteroatoms. The maximum Gasteiger partial charge on any atom is 0.410 e. The molecule has 2 aromatic carbocycles. The Hall–Kier alpha value is -4.36. The Balaban J connectivity index is 1.01. The van der Waals surface area contributed by atoms with E-state index in [2.05, 4.69) is 25.7 Å². The molecule has 0 radical (unpaired) electrons. The third kappa shape index (κ3) is 9.87. The number of piperidine rings is 2. The number of aromatic amines is 1. The summed E-state index contributed by atoms with van der Waals surface area (Å²) in [5.74, 6) is -1.38. The van der Waals surface area contributed by atoms with Crippen LogP contribution in [-0.4, -0.2) is 101 Å². The Kier molecular flexibility index (Phi) is 11.9. The molecule has 0 saturated carbocycles. The number of carbonyl (C=O) groups excluding carboxylic acids is 3. The van der Waals surface area contributed by atoms with Crippen LogP contribution in [0, 0.1) is 12.7 Å². The summed E-state index contributed by atoms with van der Waals surface area (Å²) in [6.07, 6.45) is 3.40. The van der Waals surface area contributed by atoms with E-state index in [1.54, 1.807) is 17.0 Å². The first-order valence-corrected chi connectivity index (χ1v) is 17.4. The number of halogens is 1. The molecular formula is C37H49FN6O6. The summed E-state index contributed by atoms with van der Waals surface area (Å²) in [6, 6.07) is 9.89. The van der Waals surface area contributed by atoms with Crippen LogP contribution >= 0.6 is 0 Å². The van der Waals surface area contributed by atoms with Crippen molar-refractivity contribution >= 4 is 28.7 Å². The van der Waals surface area contributed by atoms with E-state index in [1.807, 2.05) is 46.8 Å². The summed E-state index contributed by atoms with van der Waals surface area (Å²) >= 11 is 0. The van der Waals surface area contributed by atoms with E-state index in [-0.39, 0.29) is 61.0 Å². The molecule has 2 fully saturated rings. The van der Waals surface area contributed by atoms with Gasteiger partial charge in [-0.1, -0.05) is 23.8 Å². The predicted molar refractivity (Wildman–Crippen MR) is 188 cm³/mol. The molecule has 2 saturated heterocycles. The number of ether oxygens (including phenoxy) is 2. The fourth-order valence-electron chi connectivity index (χ4n) is 6.57. The maximum absolute atomic E-state index is 14.6. The van der Waals surface area contributed by atoms with Crippen molar-refractivity contribution in [3.05, 3.63) is 75.0 Å². The number of nitrogens with zero attached hydrogens (tertiary/aromatic N) is 3. The zero-order valence-electron chi connectivity index (χ0n) is 29.6. The zero-order chi connectivity index (χ0) is 36.0. The highest BCUT2D eigenvalue weighted by Gasteiger charge is 2.34. The van der Waals surface area contributed by atoms with Crippen molar-refractivity contribution in [3.8, 4) is 0 Å². The van der Waals surface area contributed by atoms with E-state index in [4.69, 9.17) is 9.47 Å². The molecule has 0 spiro atoms. The molecule has 12 nitrogen and oxygen atoms in total. The van der Waals surface area contributed by atoms with E-state index in [0.717, 1.165) is 44.3 Å². The van der Waals surface area contributed by atoms with Crippen LogP contribution in [0.1, 0.15) is 80.6 Å². The lowest BCUT2D eigenvalue weighted by Gasteiger charge is -2.40. The van der Waals surface area contributed by atoms with Gasteiger partial charge in [-0.15, -0.1) is 0 Å². The van der Waals surface area contributed by atoms with Crippen LogP contribution in [0.25, 0.3) is 10.8 Å². The van der Waals surface area contributed by atoms with Crippen LogP contribution in [0.3, 0.4) is 0 Å². The van der Waals surface area contributed by atoms with Crippen molar-refractivity contribution < 1.29 is 28.2 Å². The number of likely N-dealkylation sites (tertiary alicyclic amines) is 2. The third-order valence-electron chi connectivity index (χ3n) is 9.15. The van der Waals surface area contributed by atoms with E-state index in [1.165, 1.54) is 12.1 Å². The second-order valence-corrected chi connectivity index (χ2v) is 14.4. The summed E-state index contributed by atoms with van der Waals surface area (Å²) in [4.78, 5) is 54.1. The molecule has 3 heterocycles. The molecular weight excluding hydrogens is 643 g/mol. The minimum absolute atomic E-state index is 0.0399. The number of nitrogens with one attached hydrogen (secondary N) is 3. The van der Waals surface area contributed by atoms with E-state index < -0.39 is 17.3 Å². The van der Waals surface area contributed by atoms with E-state index in [9.17, 15) is 23.6 Å². The monoisotopic (exact) mass is 692 g/mol. The molecule has 3 N–H and O–H groups in total. The van der Waals surface area contributed by atoms with Gasteiger partial charge in [-0.05, 0) is 84.1 Å². The van der Waals surface area contributed by atoms with Crippen molar-refractivity contribution in [2.45, 2.75) is 90.6 Å². The van der Waals surface area contributed by atoms with Crippen molar-refractivity contribution in [2.24, 2.45) is 0 Å². The molecule has 3 amide bonds. The van der Waals surface area contributed by atoms with Gasteiger partial charge >= 0.3 is 6.09 Å². The molecule has 0 aliphatic carbocycles. The second kappa shape index (κ2) is 16.1. The number of carbonyl (C=O) groups is 3. The number of H-pyrrole nitrogens is 1. The quantitative estimate of drug-likeness (QED) is 0.270. The van der Waals surface area contributed by atoms with Gasteiger partial charge < -0.3 is 25.0 Å². The maximum atomic E-state index is 14.6. The first kappa shape index (κ1) is 36.9. The van der Waals surface area contributed by atoms with Crippen molar-refractivity contribution in [3.63, 3.8) is 0 Å². The predicted octanol–water partition coefficient (Wildman–Crippen LogP) is 4.08. The molecule has 0 unspecified atom stereocenters. The lowest BCUT2D eigenvalue weighted by molar-refractivity contribution is -0.123. The van der Waals surface area contributed by atoms with E-state index >= 15 is 0 Å². The fraction of sp³-hybridized carbons (Fsp3) is 0.541. The highest BCUT2D eigenvalue weighted by atomic mass is 19.1. The van der Waals surface area contributed by atoms with Gasteiger partial charge in [0.15, 0.2) is 0 Å². The summed E-state index contributed by atoms with van der Waals surface area (Å²) in [6.45, 7) is 12.2. The number of amides is 3. The summed E-state index contributed by atoms with van der Waals surface area (Å²) in [7, 11) is 0. The van der Waals surface area contributed by atoms with Gasteiger partial charge in [-0.2, -0.15) is 5.10 Å². The molecule has 1 aromatic heterocycles. The standard InChI is InChI=1S/C37H49FN6O6/c1-23-6-8-28-29(18-23)35(47)42-41-32(28)21-25-7-9-31(38)30(20-25)34(46)40-14-13-39-33(45)22-43-15-10-26(11-16-43)49-27-12-17-44(24(2)19-27)36(48)50-37(3,4)5/h6-9,18,20,24,26-27H,10-17,19,21-22H2,1-5H3,(H,39,45)(H,40,46)(H,42,47)/t24-,27+/m0/s1. The van der Waals surface area contributed by atoms with Crippen LogP contribution in [0.15, 0.2) is 41.2 Å². The van der Waals surface area contributed by atoms with Crippen molar-refractivity contribution in [1.29, 1.82) is 0 Å². The number of hydrogen-bond donors (Lipinski definition) is 3. The average Bonchev–Trinajstić information content (AvgIpc) is 3.05. The number of benzene rings is 2. The lowest BCUT2D eigenvalue weighted by Crippen LogP contribution is -2.49. The minimum Gasteiger partial charge on any atom is -0.444 e. The number of hydrogen-bond acceptors (Lipinski definition) is 8. The van der Waals surface area contributed by atoms with Crippen LogP contribution in [0.5, 0.6) is 0 Å². The first-order valence-electron chi connectivity index (χ1n) is 17.4. The Morgan fingerprint density at radius 2 is 1.70 bits per heavy atom.